The minimum Gasteiger partial charge on any atom is -0.465 e. The fraction of sp³-hybridized carbons (Fsp3) is 0.444. The lowest BCUT2D eigenvalue weighted by Gasteiger charge is -2.05. The molecule has 0 spiro atoms. The molecule has 1 heterocycles. The van der Waals surface area contributed by atoms with Gasteiger partial charge in [-0.25, -0.2) is 0 Å². The highest BCUT2D eigenvalue weighted by molar-refractivity contribution is 5.07. The van der Waals surface area contributed by atoms with Gasteiger partial charge in [0.15, 0.2) is 0 Å². The largest absolute Gasteiger partial charge is 0.465 e. The zero-order valence-corrected chi connectivity index (χ0v) is 7.13. The van der Waals surface area contributed by atoms with Crippen molar-refractivity contribution in [3.63, 3.8) is 0 Å². The molecular formula is C9H14NO. The van der Waals surface area contributed by atoms with Gasteiger partial charge in [-0.3, -0.25) is 0 Å². The zero-order valence-electron chi connectivity index (χ0n) is 7.13. The molecule has 1 aromatic heterocycles. The van der Waals surface area contributed by atoms with Crippen molar-refractivity contribution < 1.29 is 4.42 Å². The van der Waals surface area contributed by atoms with Crippen molar-refractivity contribution in [3.8, 4) is 0 Å². The first-order valence-corrected chi connectivity index (χ1v) is 3.74. The second-order valence-electron chi connectivity index (χ2n) is 2.86. The maximum atomic E-state index is 5.44. The molecule has 0 atom stereocenters. The normalized spacial score (nSPS) is 10.9. The summed E-state index contributed by atoms with van der Waals surface area (Å²) in [6.07, 6.45) is 0.730. The van der Waals surface area contributed by atoms with Gasteiger partial charge >= 0.3 is 0 Å². The van der Waals surface area contributed by atoms with Crippen molar-refractivity contribution in [2.45, 2.75) is 13.0 Å². The zero-order chi connectivity index (χ0) is 8.27. The van der Waals surface area contributed by atoms with E-state index < -0.39 is 0 Å². The van der Waals surface area contributed by atoms with E-state index in [1.165, 1.54) is 0 Å². The lowest BCUT2D eigenvalue weighted by Crippen LogP contribution is -2.09. The molecular weight excluding hydrogens is 138 g/mol. The van der Waals surface area contributed by atoms with Gasteiger partial charge in [0.1, 0.15) is 11.5 Å². The average Bonchev–Trinajstić information content (AvgIpc) is 2.34. The minimum atomic E-state index is 0.730. The van der Waals surface area contributed by atoms with Crippen LogP contribution in [0.3, 0.4) is 0 Å². The summed E-state index contributed by atoms with van der Waals surface area (Å²) in [6.45, 7) is 4.60. The van der Waals surface area contributed by atoms with E-state index >= 15 is 0 Å². The predicted octanol–water partition coefficient (Wildman–Crippen LogP) is 1.72. The maximum Gasteiger partial charge on any atom is 0.118 e. The Hall–Kier alpha value is -0.760. The van der Waals surface area contributed by atoms with E-state index in [0.717, 1.165) is 24.5 Å². The number of rotatable bonds is 3. The van der Waals surface area contributed by atoms with Gasteiger partial charge in [-0.05, 0) is 33.2 Å². The molecule has 0 N–H and O–H groups in total. The van der Waals surface area contributed by atoms with Gasteiger partial charge in [0, 0.05) is 6.42 Å². The van der Waals surface area contributed by atoms with E-state index in [0.29, 0.717) is 0 Å². The van der Waals surface area contributed by atoms with Crippen LogP contribution >= 0.6 is 0 Å². The van der Waals surface area contributed by atoms with Crippen molar-refractivity contribution in [1.29, 1.82) is 0 Å². The highest BCUT2D eigenvalue weighted by Gasteiger charge is 2.00. The SMILES string of the molecule is [CH2]Cc1ccc(CN(C)C)o1. The third-order valence-electron chi connectivity index (χ3n) is 1.44. The van der Waals surface area contributed by atoms with Crippen LogP contribution in [-0.2, 0) is 13.0 Å². The van der Waals surface area contributed by atoms with Crippen LogP contribution in [0.15, 0.2) is 16.5 Å². The molecule has 0 aliphatic carbocycles. The van der Waals surface area contributed by atoms with Gasteiger partial charge < -0.3 is 9.32 Å². The van der Waals surface area contributed by atoms with E-state index in [9.17, 15) is 0 Å². The highest BCUT2D eigenvalue weighted by atomic mass is 16.3. The third-order valence-corrected chi connectivity index (χ3v) is 1.44. The number of nitrogens with zero attached hydrogens (tertiary/aromatic N) is 1. The Morgan fingerprint density at radius 1 is 1.36 bits per heavy atom. The molecule has 0 unspecified atom stereocenters. The first kappa shape index (κ1) is 8.34. The Morgan fingerprint density at radius 3 is 2.45 bits per heavy atom. The summed E-state index contributed by atoms with van der Waals surface area (Å²) in [5, 5.41) is 0. The lowest BCUT2D eigenvalue weighted by molar-refractivity contribution is 0.343. The summed E-state index contributed by atoms with van der Waals surface area (Å²) < 4.78 is 5.44. The van der Waals surface area contributed by atoms with Crippen LogP contribution in [0.2, 0.25) is 0 Å². The second kappa shape index (κ2) is 3.58. The fourth-order valence-electron chi connectivity index (χ4n) is 0.953. The van der Waals surface area contributed by atoms with Crippen molar-refractivity contribution in [3.05, 3.63) is 30.6 Å². The summed E-state index contributed by atoms with van der Waals surface area (Å²) in [5.41, 5.74) is 0. The van der Waals surface area contributed by atoms with Crippen molar-refractivity contribution in [2.24, 2.45) is 0 Å². The Kier molecular flexibility index (Phi) is 2.71. The first-order chi connectivity index (χ1) is 5.22. The highest BCUT2D eigenvalue weighted by Crippen LogP contribution is 2.09. The van der Waals surface area contributed by atoms with Crippen LogP contribution in [0, 0.1) is 6.92 Å². The van der Waals surface area contributed by atoms with E-state index in [-0.39, 0.29) is 0 Å². The van der Waals surface area contributed by atoms with Crippen LogP contribution in [-0.4, -0.2) is 19.0 Å². The smallest absolute Gasteiger partial charge is 0.118 e. The molecule has 0 aliphatic heterocycles. The van der Waals surface area contributed by atoms with Crippen LogP contribution in [0.25, 0.3) is 0 Å². The molecule has 0 saturated carbocycles. The van der Waals surface area contributed by atoms with Gasteiger partial charge in [0.2, 0.25) is 0 Å². The van der Waals surface area contributed by atoms with Gasteiger partial charge in [0.05, 0.1) is 6.54 Å². The molecule has 1 aromatic rings. The van der Waals surface area contributed by atoms with Crippen LogP contribution in [0.1, 0.15) is 11.5 Å². The predicted molar refractivity (Wildman–Crippen MR) is 45.2 cm³/mol. The quantitative estimate of drug-likeness (QED) is 0.655. The number of hydrogen-bond acceptors (Lipinski definition) is 2. The monoisotopic (exact) mass is 152 g/mol. The molecule has 0 amide bonds. The molecule has 61 valence electrons. The molecule has 0 aromatic carbocycles. The van der Waals surface area contributed by atoms with E-state index in [2.05, 4.69) is 11.8 Å². The Bertz CT molecular complexity index is 215. The lowest BCUT2D eigenvalue weighted by atomic mass is 10.3. The van der Waals surface area contributed by atoms with E-state index in [1.54, 1.807) is 0 Å². The van der Waals surface area contributed by atoms with Gasteiger partial charge in [-0.1, -0.05) is 0 Å². The number of hydrogen-bond donors (Lipinski definition) is 0. The molecule has 0 saturated heterocycles. The molecule has 1 rings (SSSR count). The average molecular weight is 152 g/mol. The molecule has 0 aliphatic rings. The summed E-state index contributed by atoms with van der Waals surface area (Å²) in [7, 11) is 4.04. The van der Waals surface area contributed by atoms with Crippen molar-refractivity contribution in [2.75, 3.05) is 14.1 Å². The van der Waals surface area contributed by atoms with Gasteiger partial charge in [0.25, 0.3) is 0 Å². The summed E-state index contributed by atoms with van der Waals surface area (Å²) in [5.74, 6) is 1.97. The van der Waals surface area contributed by atoms with E-state index in [1.807, 2.05) is 26.2 Å². The summed E-state index contributed by atoms with van der Waals surface area (Å²) in [4.78, 5) is 2.08. The van der Waals surface area contributed by atoms with E-state index in [4.69, 9.17) is 4.42 Å². The Morgan fingerprint density at radius 2 is 2.00 bits per heavy atom. The molecule has 1 radical (unpaired) electrons. The molecule has 2 nitrogen and oxygen atoms in total. The van der Waals surface area contributed by atoms with Gasteiger partial charge in [-0.15, -0.1) is 0 Å². The molecule has 11 heavy (non-hydrogen) atoms. The third kappa shape index (κ3) is 2.39. The second-order valence-corrected chi connectivity index (χ2v) is 2.86. The van der Waals surface area contributed by atoms with Crippen LogP contribution in [0.5, 0.6) is 0 Å². The Labute approximate surface area is 67.8 Å². The van der Waals surface area contributed by atoms with Crippen molar-refractivity contribution >= 4 is 0 Å². The number of furan rings is 1. The topological polar surface area (TPSA) is 16.4 Å². The summed E-state index contributed by atoms with van der Waals surface area (Å²) >= 11 is 0. The first-order valence-electron chi connectivity index (χ1n) is 3.74. The molecule has 0 fully saturated rings. The van der Waals surface area contributed by atoms with Gasteiger partial charge in [-0.2, -0.15) is 0 Å². The van der Waals surface area contributed by atoms with Crippen molar-refractivity contribution in [1.82, 2.24) is 4.90 Å². The summed E-state index contributed by atoms with van der Waals surface area (Å²) in [6, 6.07) is 3.98. The Balaban J connectivity index is 2.58. The fourth-order valence-corrected chi connectivity index (χ4v) is 0.953. The standard InChI is InChI=1S/C9H14NO/c1-4-8-5-6-9(11-8)7-10(2)3/h5-6H,1,4,7H2,2-3H3. The maximum absolute atomic E-state index is 5.44. The van der Waals surface area contributed by atoms with Crippen LogP contribution in [0.4, 0.5) is 0 Å². The molecule has 2 heteroatoms. The van der Waals surface area contributed by atoms with Crippen LogP contribution < -0.4 is 0 Å². The molecule has 0 bridgehead atoms. The minimum absolute atomic E-state index is 0.730.